The molecule has 0 bridgehead atoms. The van der Waals surface area contributed by atoms with Crippen LogP contribution in [0.4, 0.5) is 10.2 Å². The summed E-state index contributed by atoms with van der Waals surface area (Å²) in [5, 5.41) is 4.34. The first-order valence-corrected chi connectivity index (χ1v) is 10.8. The molecule has 2 heterocycles. The molecule has 0 saturated heterocycles. The topological polar surface area (TPSA) is 99.9 Å². The number of methoxy groups -OCH3 is 2. The molecule has 3 aromatic rings. The molecule has 30 heavy (non-hydrogen) atoms. The SMILES string of the molecule is COCCc1cc2onc(NS(=O)(=O)c3cc(F)ccc3OC)c2c2c1CCCO2. The zero-order valence-electron chi connectivity index (χ0n) is 16.5. The van der Waals surface area contributed by atoms with Crippen LogP contribution in [0.1, 0.15) is 17.5 Å². The van der Waals surface area contributed by atoms with E-state index >= 15 is 0 Å². The summed E-state index contributed by atoms with van der Waals surface area (Å²) in [6.45, 7) is 1.04. The molecule has 160 valence electrons. The van der Waals surface area contributed by atoms with Gasteiger partial charge in [0.15, 0.2) is 11.4 Å². The van der Waals surface area contributed by atoms with Crippen LogP contribution in [-0.2, 0) is 27.6 Å². The third kappa shape index (κ3) is 3.68. The molecule has 1 aliphatic heterocycles. The molecule has 0 unspecified atom stereocenters. The van der Waals surface area contributed by atoms with E-state index in [2.05, 4.69) is 9.88 Å². The second-order valence-electron chi connectivity index (χ2n) is 6.84. The Morgan fingerprint density at radius 1 is 1.27 bits per heavy atom. The van der Waals surface area contributed by atoms with Crippen molar-refractivity contribution < 1.29 is 31.5 Å². The lowest BCUT2D eigenvalue weighted by atomic mass is 9.96. The monoisotopic (exact) mass is 436 g/mol. The summed E-state index contributed by atoms with van der Waals surface area (Å²) >= 11 is 0. The maximum atomic E-state index is 13.7. The molecule has 0 spiro atoms. The molecular formula is C20H21FN2O6S. The normalized spacial score (nSPS) is 13.7. The van der Waals surface area contributed by atoms with E-state index < -0.39 is 15.8 Å². The number of benzene rings is 2. The van der Waals surface area contributed by atoms with Crippen LogP contribution in [0.2, 0.25) is 0 Å². The second-order valence-corrected chi connectivity index (χ2v) is 8.49. The number of fused-ring (bicyclic) bond motifs is 3. The van der Waals surface area contributed by atoms with E-state index in [0.717, 1.165) is 36.1 Å². The molecule has 10 heteroatoms. The molecule has 1 aliphatic rings. The van der Waals surface area contributed by atoms with Crippen LogP contribution >= 0.6 is 0 Å². The first-order valence-electron chi connectivity index (χ1n) is 9.37. The van der Waals surface area contributed by atoms with E-state index in [-0.39, 0.29) is 16.5 Å². The summed E-state index contributed by atoms with van der Waals surface area (Å²) in [5.74, 6) is -0.163. The lowest BCUT2D eigenvalue weighted by Gasteiger charge is -2.21. The van der Waals surface area contributed by atoms with Crippen molar-refractivity contribution in [2.45, 2.75) is 24.2 Å². The van der Waals surface area contributed by atoms with Crippen molar-refractivity contribution in [2.24, 2.45) is 0 Å². The highest BCUT2D eigenvalue weighted by molar-refractivity contribution is 7.92. The van der Waals surface area contributed by atoms with E-state index in [1.54, 1.807) is 7.11 Å². The van der Waals surface area contributed by atoms with Crippen LogP contribution in [0.3, 0.4) is 0 Å². The maximum absolute atomic E-state index is 13.7. The van der Waals surface area contributed by atoms with Crippen molar-refractivity contribution in [1.82, 2.24) is 5.16 Å². The minimum Gasteiger partial charge on any atom is -0.495 e. The molecule has 0 amide bonds. The lowest BCUT2D eigenvalue weighted by molar-refractivity contribution is 0.201. The molecule has 1 N–H and O–H groups in total. The Kier molecular flexibility index (Phi) is 5.52. The van der Waals surface area contributed by atoms with E-state index in [1.165, 1.54) is 13.2 Å². The highest BCUT2D eigenvalue weighted by Crippen LogP contribution is 2.41. The molecule has 2 aromatic carbocycles. The van der Waals surface area contributed by atoms with Gasteiger partial charge in [-0.05, 0) is 54.7 Å². The number of ether oxygens (including phenoxy) is 3. The quantitative estimate of drug-likeness (QED) is 0.607. The third-order valence-electron chi connectivity index (χ3n) is 4.95. The minimum atomic E-state index is -4.20. The van der Waals surface area contributed by atoms with Crippen LogP contribution < -0.4 is 14.2 Å². The largest absolute Gasteiger partial charge is 0.495 e. The Labute approximate surface area is 173 Å². The van der Waals surface area contributed by atoms with Crippen LogP contribution in [0.5, 0.6) is 11.5 Å². The predicted octanol–water partition coefficient (Wildman–Crippen LogP) is 3.29. The van der Waals surface area contributed by atoms with Crippen molar-refractivity contribution in [2.75, 3.05) is 32.2 Å². The average Bonchev–Trinajstić information content (AvgIpc) is 3.14. The van der Waals surface area contributed by atoms with Gasteiger partial charge in [-0.3, -0.25) is 4.72 Å². The molecule has 0 radical (unpaired) electrons. The number of nitrogens with zero attached hydrogens (tertiary/aromatic N) is 1. The van der Waals surface area contributed by atoms with Crippen LogP contribution in [0.25, 0.3) is 11.0 Å². The molecule has 1 aromatic heterocycles. The number of sulfonamides is 1. The second kappa shape index (κ2) is 8.11. The van der Waals surface area contributed by atoms with Gasteiger partial charge in [-0.1, -0.05) is 5.16 Å². The number of anilines is 1. The van der Waals surface area contributed by atoms with Crippen molar-refractivity contribution in [3.63, 3.8) is 0 Å². The van der Waals surface area contributed by atoms with Crippen molar-refractivity contribution in [3.05, 3.63) is 41.2 Å². The number of aromatic nitrogens is 1. The standard InChI is InChI=1S/C20H21FN2O6S/c1-26-9-7-12-10-16-18(19-14(12)4-3-8-28-19)20(22-29-16)23-30(24,25)17-11-13(21)5-6-15(17)27-2/h5-6,10-11H,3-4,7-9H2,1-2H3,(H,22,23). The van der Waals surface area contributed by atoms with Gasteiger partial charge < -0.3 is 18.7 Å². The van der Waals surface area contributed by atoms with Gasteiger partial charge in [0.25, 0.3) is 10.0 Å². The Balaban J connectivity index is 1.80. The number of nitrogens with one attached hydrogen (secondary N) is 1. The van der Waals surface area contributed by atoms with Crippen LogP contribution in [0.15, 0.2) is 33.7 Å². The van der Waals surface area contributed by atoms with E-state index in [9.17, 15) is 12.8 Å². The summed E-state index contributed by atoms with van der Waals surface area (Å²) < 4.78 is 63.5. The Bertz CT molecular complexity index is 1190. The van der Waals surface area contributed by atoms with Crippen molar-refractivity contribution in [3.8, 4) is 11.5 Å². The predicted molar refractivity (Wildman–Crippen MR) is 107 cm³/mol. The molecule has 0 fully saturated rings. The summed E-state index contributed by atoms with van der Waals surface area (Å²) in [4.78, 5) is -0.340. The van der Waals surface area contributed by atoms with Gasteiger partial charge in [0.2, 0.25) is 0 Å². The third-order valence-corrected chi connectivity index (χ3v) is 6.31. The number of hydrogen-bond donors (Lipinski definition) is 1. The zero-order valence-corrected chi connectivity index (χ0v) is 17.3. The molecule has 0 saturated carbocycles. The van der Waals surface area contributed by atoms with Crippen LogP contribution in [-0.4, -0.2) is 41.0 Å². The fourth-order valence-corrected chi connectivity index (χ4v) is 4.75. The van der Waals surface area contributed by atoms with Gasteiger partial charge in [-0.25, -0.2) is 12.8 Å². The highest BCUT2D eigenvalue weighted by atomic mass is 32.2. The highest BCUT2D eigenvalue weighted by Gasteiger charge is 2.28. The number of rotatable bonds is 7. The minimum absolute atomic E-state index is 0.0110. The van der Waals surface area contributed by atoms with Gasteiger partial charge in [0.05, 0.1) is 20.3 Å². The summed E-state index contributed by atoms with van der Waals surface area (Å²) in [5.41, 5.74) is 2.39. The van der Waals surface area contributed by atoms with Gasteiger partial charge >= 0.3 is 0 Å². The van der Waals surface area contributed by atoms with Crippen molar-refractivity contribution >= 4 is 26.8 Å². The van der Waals surface area contributed by atoms with Gasteiger partial charge in [-0.15, -0.1) is 0 Å². The maximum Gasteiger partial charge on any atom is 0.266 e. The van der Waals surface area contributed by atoms with Crippen LogP contribution in [0, 0.1) is 5.82 Å². The van der Waals surface area contributed by atoms with E-state index in [0.29, 0.717) is 36.4 Å². The van der Waals surface area contributed by atoms with E-state index in [4.69, 9.17) is 18.7 Å². The Hall–Kier alpha value is -2.85. The first kappa shape index (κ1) is 20.4. The molecule has 0 atom stereocenters. The van der Waals surface area contributed by atoms with Crippen molar-refractivity contribution in [1.29, 1.82) is 0 Å². The number of halogens is 1. The molecule has 0 aliphatic carbocycles. The summed E-state index contributed by atoms with van der Waals surface area (Å²) in [6.07, 6.45) is 2.31. The van der Waals surface area contributed by atoms with Gasteiger partial charge in [0.1, 0.15) is 27.6 Å². The Morgan fingerprint density at radius 3 is 2.87 bits per heavy atom. The van der Waals surface area contributed by atoms with E-state index in [1.807, 2.05) is 6.07 Å². The average molecular weight is 436 g/mol. The number of hydrogen-bond acceptors (Lipinski definition) is 7. The first-order chi connectivity index (χ1) is 14.4. The fourth-order valence-electron chi connectivity index (χ4n) is 3.57. The summed E-state index contributed by atoms with van der Waals surface area (Å²) in [7, 11) is -1.27. The molecule has 8 nitrogen and oxygen atoms in total. The Morgan fingerprint density at radius 2 is 2.10 bits per heavy atom. The van der Waals surface area contributed by atoms with Gasteiger partial charge in [-0.2, -0.15) is 0 Å². The smallest absolute Gasteiger partial charge is 0.266 e. The fraction of sp³-hybridized carbons (Fsp3) is 0.350. The molecular weight excluding hydrogens is 415 g/mol. The van der Waals surface area contributed by atoms with Gasteiger partial charge in [0, 0.05) is 7.11 Å². The summed E-state index contributed by atoms with van der Waals surface area (Å²) in [6, 6.07) is 5.08. The zero-order chi connectivity index (χ0) is 21.3. The lowest BCUT2D eigenvalue weighted by Crippen LogP contribution is -2.16. The molecule has 4 rings (SSSR count).